The topological polar surface area (TPSA) is 71.8 Å². The molecule has 5 nitrogen and oxygen atoms in total. The Labute approximate surface area is 107 Å². The maximum Gasteiger partial charge on any atom is 0.356 e. The highest BCUT2D eigenvalue weighted by Gasteiger charge is 2.21. The van der Waals surface area contributed by atoms with Gasteiger partial charge < -0.3 is 9.94 Å². The van der Waals surface area contributed by atoms with Crippen molar-refractivity contribution in [1.29, 1.82) is 0 Å². The Morgan fingerprint density at radius 3 is 2.88 bits per heavy atom. The lowest BCUT2D eigenvalue weighted by atomic mass is 10.1. The van der Waals surface area contributed by atoms with Crippen molar-refractivity contribution >= 4 is 34.3 Å². The molecule has 1 aliphatic rings. The highest BCUT2D eigenvalue weighted by atomic mass is 35.5. The van der Waals surface area contributed by atoms with E-state index < -0.39 is 5.97 Å². The van der Waals surface area contributed by atoms with Crippen LogP contribution in [0.25, 0.3) is 0 Å². The summed E-state index contributed by atoms with van der Waals surface area (Å²) in [6.07, 6.45) is 0.753. The molecule has 1 N–H and O–H groups in total. The molecular formula is C10H8Cl2N2O3. The molecule has 7 heteroatoms. The zero-order chi connectivity index (χ0) is 12.4. The predicted octanol–water partition coefficient (Wildman–Crippen LogP) is 2.32. The lowest BCUT2D eigenvalue weighted by molar-refractivity contribution is 0.0688. The first-order valence-corrected chi connectivity index (χ1v) is 5.59. The molecule has 0 spiro atoms. The van der Waals surface area contributed by atoms with Gasteiger partial charge in [-0.25, -0.2) is 9.78 Å². The molecular weight excluding hydrogens is 267 g/mol. The van der Waals surface area contributed by atoms with Crippen molar-refractivity contribution in [2.45, 2.75) is 18.9 Å². The van der Waals surface area contributed by atoms with Gasteiger partial charge in [0.05, 0.1) is 5.02 Å². The van der Waals surface area contributed by atoms with Crippen molar-refractivity contribution in [2.75, 3.05) is 0 Å². The molecule has 0 radical (unpaired) electrons. The van der Waals surface area contributed by atoms with Crippen molar-refractivity contribution in [3.05, 3.63) is 28.5 Å². The first kappa shape index (κ1) is 12.1. The molecule has 0 saturated heterocycles. The molecule has 1 aromatic heterocycles. The summed E-state index contributed by atoms with van der Waals surface area (Å²) in [5.41, 5.74) is 0.424. The van der Waals surface area contributed by atoms with Crippen LogP contribution >= 0.6 is 23.2 Å². The van der Waals surface area contributed by atoms with E-state index in [9.17, 15) is 4.79 Å². The van der Waals surface area contributed by atoms with Gasteiger partial charge in [-0.3, -0.25) is 0 Å². The highest BCUT2D eigenvalue weighted by molar-refractivity contribution is 6.65. The Morgan fingerprint density at radius 2 is 2.29 bits per heavy atom. The van der Waals surface area contributed by atoms with Gasteiger partial charge in [-0.15, -0.1) is 0 Å². The summed E-state index contributed by atoms with van der Waals surface area (Å²) >= 11 is 11.4. The third kappa shape index (κ3) is 2.87. The number of aromatic carboxylic acids is 1. The second kappa shape index (κ2) is 4.89. The molecule has 90 valence electrons. The SMILES string of the molecule is O=C(O)c1nc(CC2CC(Cl)=NO2)ccc1Cl. The van der Waals surface area contributed by atoms with Crippen molar-refractivity contribution in [2.24, 2.45) is 5.16 Å². The Bertz CT molecular complexity index is 490. The largest absolute Gasteiger partial charge is 0.476 e. The number of pyridine rings is 1. The highest BCUT2D eigenvalue weighted by Crippen LogP contribution is 2.19. The summed E-state index contributed by atoms with van der Waals surface area (Å²) in [5.74, 6) is -1.15. The van der Waals surface area contributed by atoms with Gasteiger partial charge in [-0.1, -0.05) is 28.4 Å². The molecule has 0 saturated carbocycles. The number of nitrogens with zero attached hydrogens (tertiary/aromatic N) is 2. The zero-order valence-electron chi connectivity index (χ0n) is 8.56. The van der Waals surface area contributed by atoms with Crippen molar-refractivity contribution < 1.29 is 14.7 Å². The van der Waals surface area contributed by atoms with Gasteiger partial charge in [-0.05, 0) is 12.1 Å². The summed E-state index contributed by atoms with van der Waals surface area (Å²) in [4.78, 5) is 19.8. The van der Waals surface area contributed by atoms with Crippen LogP contribution in [0.5, 0.6) is 0 Å². The first-order chi connectivity index (χ1) is 8.06. The number of halogens is 2. The van der Waals surface area contributed by atoms with Crippen LogP contribution in [0, 0.1) is 0 Å². The van der Waals surface area contributed by atoms with E-state index in [1.165, 1.54) is 6.07 Å². The van der Waals surface area contributed by atoms with Gasteiger partial charge in [-0.2, -0.15) is 0 Å². The van der Waals surface area contributed by atoms with Crippen LogP contribution in [0.2, 0.25) is 5.02 Å². The molecule has 2 rings (SSSR count). The minimum Gasteiger partial charge on any atom is -0.476 e. The fourth-order valence-electron chi connectivity index (χ4n) is 1.48. The molecule has 1 unspecified atom stereocenters. The molecule has 0 fully saturated rings. The average molecular weight is 275 g/mol. The smallest absolute Gasteiger partial charge is 0.356 e. The van der Waals surface area contributed by atoms with E-state index in [0.29, 0.717) is 23.7 Å². The second-order valence-corrected chi connectivity index (χ2v) is 4.38. The molecule has 17 heavy (non-hydrogen) atoms. The Morgan fingerprint density at radius 1 is 1.53 bits per heavy atom. The number of rotatable bonds is 3. The van der Waals surface area contributed by atoms with E-state index in [0.717, 1.165) is 0 Å². The minimum atomic E-state index is -1.15. The number of oxime groups is 1. The monoisotopic (exact) mass is 274 g/mol. The van der Waals surface area contributed by atoms with E-state index in [1.807, 2.05) is 0 Å². The van der Waals surface area contributed by atoms with Crippen LogP contribution in [-0.4, -0.2) is 27.3 Å². The molecule has 1 aromatic rings. The van der Waals surface area contributed by atoms with E-state index in [2.05, 4.69) is 10.1 Å². The van der Waals surface area contributed by atoms with Crippen molar-refractivity contribution in [3.63, 3.8) is 0 Å². The summed E-state index contributed by atoms with van der Waals surface area (Å²) in [7, 11) is 0. The van der Waals surface area contributed by atoms with Crippen molar-refractivity contribution in [3.8, 4) is 0 Å². The second-order valence-electron chi connectivity index (χ2n) is 3.54. The number of hydrogen-bond acceptors (Lipinski definition) is 4. The van der Waals surface area contributed by atoms with E-state index in [4.69, 9.17) is 33.1 Å². The Balaban J connectivity index is 2.12. The van der Waals surface area contributed by atoms with Gasteiger partial charge in [0.25, 0.3) is 0 Å². The van der Waals surface area contributed by atoms with Gasteiger partial charge >= 0.3 is 5.97 Å². The third-order valence-electron chi connectivity index (χ3n) is 2.24. The fraction of sp³-hybridized carbons (Fsp3) is 0.300. The van der Waals surface area contributed by atoms with Gasteiger partial charge in [0.2, 0.25) is 0 Å². The standard InChI is InChI=1S/C10H8Cl2N2O3/c11-7-2-1-5(13-9(7)10(15)16)3-6-4-8(12)14-17-6/h1-2,6H,3-4H2,(H,15,16). The van der Waals surface area contributed by atoms with Gasteiger partial charge in [0, 0.05) is 18.5 Å². The summed E-state index contributed by atoms with van der Waals surface area (Å²) in [6, 6.07) is 3.16. The molecule has 2 heterocycles. The van der Waals surface area contributed by atoms with E-state index in [-0.39, 0.29) is 16.8 Å². The third-order valence-corrected chi connectivity index (χ3v) is 2.77. The van der Waals surface area contributed by atoms with Crippen LogP contribution in [0.15, 0.2) is 17.3 Å². The van der Waals surface area contributed by atoms with Crippen LogP contribution in [0.4, 0.5) is 0 Å². The first-order valence-electron chi connectivity index (χ1n) is 4.83. The molecule has 0 aromatic carbocycles. The van der Waals surface area contributed by atoms with Gasteiger partial charge in [0.1, 0.15) is 11.3 Å². The number of carboxylic acids is 1. The van der Waals surface area contributed by atoms with Crippen LogP contribution in [0.1, 0.15) is 22.6 Å². The predicted molar refractivity (Wildman–Crippen MR) is 62.7 cm³/mol. The van der Waals surface area contributed by atoms with Crippen molar-refractivity contribution in [1.82, 2.24) is 4.98 Å². The average Bonchev–Trinajstić information content (AvgIpc) is 2.66. The fourth-order valence-corrected chi connectivity index (χ4v) is 1.88. The van der Waals surface area contributed by atoms with E-state index in [1.54, 1.807) is 6.07 Å². The van der Waals surface area contributed by atoms with Crippen LogP contribution in [-0.2, 0) is 11.3 Å². The lowest BCUT2D eigenvalue weighted by Crippen LogP contribution is -2.13. The minimum absolute atomic E-state index is 0.114. The summed E-state index contributed by atoms with van der Waals surface area (Å²) in [6.45, 7) is 0. The maximum atomic E-state index is 10.8. The maximum absolute atomic E-state index is 10.8. The number of aromatic nitrogens is 1. The van der Waals surface area contributed by atoms with Gasteiger partial charge in [0.15, 0.2) is 5.69 Å². The Hall–Kier alpha value is -1.33. The van der Waals surface area contributed by atoms with Crippen LogP contribution < -0.4 is 0 Å². The molecule has 0 aliphatic carbocycles. The normalized spacial score (nSPS) is 18.7. The zero-order valence-corrected chi connectivity index (χ0v) is 10.1. The Kier molecular flexibility index (Phi) is 3.49. The quantitative estimate of drug-likeness (QED) is 0.918. The number of hydrogen-bond donors (Lipinski definition) is 1. The molecule has 0 amide bonds. The lowest BCUT2D eigenvalue weighted by Gasteiger charge is -2.08. The summed E-state index contributed by atoms with van der Waals surface area (Å²) < 4.78 is 0. The van der Waals surface area contributed by atoms with Crippen LogP contribution in [0.3, 0.4) is 0 Å². The molecule has 1 aliphatic heterocycles. The molecule has 0 bridgehead atoms. The number of carboxylic acid groups (broad SMARTS) is 1. The van der Waals surface area contributed by atoms with E-state index >= 15 is 0 Å². The summed E-state index contributed by atoms with van der Waals surface area (Å²) in [5, 5.41) is 13.0. The number of carbonyl (C=O) groups is 1. The molecule has 1 atom stereocenters.